The number of hydrogen-bond donors (Lipinski definition) is 1. The van der Waals surface area contributed by atoms with E-state index in [0.29, 0.717) is 5.69 Å². The lowest BCUT2D eigenvalue weighted by Crippen LogP contribution is -2.27. The third-order valence-corrected chi connectivity index (χ3v) is 3.10. The maximum absolute atomic E-state index is 13.7. The Hall–Kier alpha value is -2.36. The van der Waals surface area contributed by atoms with Gasteiger partial charge in [-0.05, 0) is 49.2 Å². The fraction of sp³-hybridized carbons (Fsp3) is 0.188. The molecule has 0 saturated heterocycles. The minimum Gasteiger partial charge on any atom is -0.507 e. The zero-order chi connectivity index (χ0) is 14.9. The number of nitrogens with zero attached hydrogens (tertiary/aromatic N) is 1. The number of amides is 1. The fourth-order valence-electron chi connectivity index (χ4n) is 2.15. The van der Waals surface area contributed by atoms with Gasteiger partial charge in [-0.25, -0.2) is 4.39 Å². The van der Waals surface area contributed by atoms with Crippen LogP contribution < -0.4 is 4.90 Å². The molecular formula is C16H16FNO2. The first kappa shape index (κ1) is 14.1. The molecule has 0 fully saturated rings. The van der Waals surface area contributed by atoms with Gasteiger partial charge in [-0.3, -0.25) is 4.79 Å². The van der Waals surface area contributed by atoms with E-state index in [9.17, 15) is 14.3 Å². The molecule has 2 rings (SSSR count). The summed E-state index contributed by atoms with van der Waals surface area (Å²) in [6, 6.07) is 9.47. The summed E-state index contributed by atoms with van der Waals surface area (Å²) >= 11 is 0. The highest BCUT2D eigenvalue weighted by Crippen LogP contribution is 2.25. The molecule has 0 aliphatic rings. The lowest BCUT2D eigenvalue weighted by atomic mass is 10.1. The van der Waals surface area contributed by atoms with E-state index in [1.165, 1.54) is 17.0 Å². The Morgan fingerprint density at radius 1 is 1.15 bits per heavy atom. The van der Waals surface area contributed by atoms with Gasteiger partial charge in [0.2, 0.25) is 0 Å². The molecule has 0 aliphatic carbocycles. The fourth-order valence-corrected chi connectivity index (χ4v) is 2.15. The molecular weight excluding hydrogens is 257 g/mol. The largest absolute Gasteiger partial charge is 0.507 e. The lowest BCUT2D eigenvalue weighted by molar-refractivity contribution is 0.0986. The van der Waals surface area contributed by atoms with Gasteiger partial charge in [0.05, 0.1) is 0 Å². The van der Waals surface area contributed by atoms with E-state index < -0.39 is 11.7 Å². The maximum Gasteiger partial charge on any atom is 0.264 e. The summed E-state index contributed by atoms with van der Waals surface area (Å²) < 4.78 is 13.7. The first-order valence-electron chi connectivity index (χ1n) is 6.24. The average Bonchev–Trinajstić information content (AvgIpc) is 2.36. The van der Waals surface area contributed by atoms with Crippen LogP contribution in [0.4, 0.5) is 10.1 Å². The first-order chi connectivity index (χ1) is 9.40. The Morgan fingerprint density at radius 3 is 2.30 bits per heavy atom. The van der Waals surface area contributed by atoms with E-state index in [1.807, 2.05) is 32.0 Å². The second-order valence-electron chi connectivity index (χ2n) is 4.84. The molecule has 0 bridgehead atoms. The van der Waals surface area contributed by atoms with Crippen molar-refractivity contribution in [3.63, 3.8) is 0 Å². The SMILES string of the molecule is Cc1cc(C)cc(N(C)C(=O)c2c(O)cccc2F)c1. The predicted molar refractivity (Wildman–Crippen MR) is 76.7 cm³/mol. The van der Waals surface area contributed by atoms with E-state index >= 15 is 0 Å². The number of benzene rings is 2. The van der Waals surface area contributed by atoms with Crippen molar-refractivity contribution in [1.29, 1.82) is 0 Å². The summed E-state index contributed by atoms with van der Waals surface area (Å²) in [4.78, 5) is 13.7. The molecule has 0 spiro atoms. The summed E-state index contributed by atoms with van der Waals surface area (Å²) in [5, 5.41) is 9.68. The zero-order valence-corrected chi connectivity index (χ0v) is 11.6. The van der Waals surface area contributed by atoms with Crippen molar-refractivity contribution in [2.24, 2.45) is 0 Å². The van der Waals surface area contributed by atoms with E-state index in [4.69, 9.17) is 0 Å². The highest BCUT2D eigenvalue weighted by atomic mass is 19.1. The Morgan fingerprint density at radius 2 is 1.75 bits per heavy atom. The number of carbonyl (C=O) groups is 1. The van der Waals surface area contributed by atoms with E-state index in [1.54, 1.807) is 7.05 Å². The molecule has 0 saturated carbocycles. The number of rotatable bonds is 2. The number of aromatic hydroxyl groups is 1. The minimum absolute atomic E-state index is 0.311. The summed E-state index contributed by atoms with van der Waals surface area (Å²) in [7, 11) is 1.56. The normalized spacial score (nSPS) is 10.4. The quantitative estimate of drug-likeness (QED) is 0.910. The molecule has 1 amide bonds. The third-order valence-electron chi connectivity index (χ3n) is 3.10. The summed E-state index contributed by atoms with van der Waals surface area (Å²) in [6.45, 7) is 3.85. The molecule has 3 nitrogen and oxygen atoms in total. The van der Waals surface area contributed by atoms with Crippen LogP contribution in [-0.4, -0.2) is 18.1 Å². The lowest BCUT2D eigenvalue weighted by Gasteiger charge is -2.19. The molecule has 0 aromatic heterocycles. The number of halogens is 1. The highest BCUT2D eigenvalue weighted by Gasteiger charge is 2.21. The van der Waals surface area contributed by atoms with Crippen LogP contribution in [0.3, 0.4) is 0 Å². The van der Waals surface area contributed by atoms with Gasteiger partial charge in [0, 0.05) is 12.7 Å². The van der Waals surface area contributed by atoms with Gasteiger partial charge in [0.25, 0.3) is 5.91 Å². The second-order valence-corrected chi connectivity index (χ2v) is 4.84. The van der Waals surface area contributed by atoms with E-state index in [0.717, 1.165) is 17.2 Å². The van der Waals surface area contributed by atoms with Crippen LogP contribution in [0.15, 0.2) is 36.4 Å². The standard InChI is InChI=1S/C16H16FNO2/c1-10-7-11(2)9-12(8-10)18(3)16(20)15-13(17)5-4-6-14(15)19/h4-9,19H,1-3H3. The average molecular weight is 273 g/mol. The smallest absolute Gasteiger partial charge is 0.264 e. The van der Waals surface area contributed by atoms with Crippen molar-refractivity contribution >= 4 is 11.6 Å². The van der Waals surface area contributed by atoms with Crippen molar-refractivity contribution in [2.45, 2.75) is 13.8 Å². The Kier molecular flexibility index (Phi) is 3.74. The van der Waals surface area contributed by atoms with Crippen LogP contribution in [0.2, 0.25) is 0 Å². The van der Waals surface area contributed by atoms with Gasteiger partial charge < -0.3 is 10.0 Å². The Balaban J connectivity index is 2.42. The van der Waals surface area contributed by atoms with Gasteiger partial charge in [0.15, 0.2) is 0 Å². The molecule has 1 N–H and O–H groups in total. The van der Waals surface area contributed by atoms with Crippen LogP contribution in [0, 0.1) is 19.7 Å². The van der Waals surface area contributed by atoms with Crippen molar-refractivity contribution in [3.8, 4) is 5.75 Å². The van der Waals surface area contributed by atoms with Crippen molar-refractivity contribution in [1.82, 2.24) is 0 Å². The molecule has 2 aromatic carbocycles. The molecule has 0 heterocycles. The maximum atomic E-state index is 13.7. The molecule has 0 radical (unpaired) electrons. The van der Waals surface area contributed by atoms with Gasteiger partial charge in [0.1, 0.15) is 17.1 Å². The van der Waals surface area contributed by atoms with Crippen LogP contribution in [0.5, 0.6) is 5.75 Å². The van der Waals surface area contributed by atoms with Crippen molar-refractivity contribution < 1.29 is 14.3 Å². The zero-order valence-electron chi connectivity index (χ0n) is 11.6. The molecule has 0 atom stereocenters. The monoisotopic (exact) mass is 273 g/mol. The summed E-state index contributed by atoms with van der Waals surface area (Å²) in [5.41, 5.74) is 2.37. The number of aryl methyl sites for hydroxylation is 2. The van der Waals surface area contributed by atoms with Crippen LogP contribution in [-0.2, 0) is 0 Å². The van der Waals surface area contributed by atoms with Crippen molar-refractivity contribution in [2.75, 3.05) is 11.9 Å². The van der Waals surface area contributed by atoms with Crippen LogP contribution in [0.1, 0.15) is 21.5 Å². The number of hydrogen-bond acceptors (Lipinski definition) is 2. The third kappa shape index (κ3) is 2.64. The first-order valence-corrected chi connectivity index (χ1v) is 6.24. The summed E-state index contributed by atoms with van der Waals surface area (Å²) in [5.74, 6) is -1.66. The van der Waals surface area contributed by atoms with E-state index in [-0.39, 0.29) is 11.3 Å². The van der Waals surface area contributed by atoms with Gasteiger partial charge in [-0.15, -0.1) is 0 Å². The molecule has 20 heavy (non-hydrogen) atoms. The molecule has 0 unspecified atom stereocenters. The van der Waals surface area contributed by atoms with Gasteiger partial charge >= 0.3 is 0 Å². The van der Waals surface area contributed by atoms with Crippen LogP contribution >= 0.6 is 0 Å². The minimum atomic E-state index is -0.730. The Labute approximate surface area is 117 Å². The summed E-state index contributed by atoms with van der Waals surface area (Å²) in [6.07, 6.45) is 0. The van der Waals surface area contributed by atoms with E-state index in [2.05, 4.69) is 0 Å². The number of phenolic OH excluding ortho intramolecular Hbond substituents is 1. The number of anilines is 1. The second kappa shape index (κ2) is 5.33. The number of carbonyl (C=O) groups excluding carboxylic acids is 1. The van der Waals surface area contributed by atoms with Crippen molar-refractivity contribution in [3.05, 3.63) is 58.9 Å². The predicted octanol–water partition coefficient (Wildman–Crippen LogP) is 3.42. The van der Waals surface area contributed by atoms with Crippen LogP contribution in [0.25, 0.3) is 0 Å². The number of phenols is 1. The molecule has 2 aromatic rings. The van der Waals surface area contributed by atoms with Gasteiger partial charge in [-0.1, -0.05) is 12.1 Å². The topological polar surface area (TPSA) is 40.5 Å². The molecule has 104 valence electrons. The Bertz CT molecular complexity index is 627. The molecule has 0 aliphatic heterocycles. The highest BCUT2D eigenvalue weighted by molar-refractivity contribution is 6.07. The molecule has 4 heteroatoms. The van der Waals surface area contributed by atoms with Gasteiger partial charge in [-0.2, -0.15) is 0 Å².